The molecule has 0 atom stereocenters. The molecule has 0 aliphatic rings. The number of rotatable bonds is 6. The summed E-state index contributed by atoms with van der Waals surface area (Å²) in [7, 11) is -3.85. The van der Waals surface area contributed by atoms with Crippen LogP contribution in [0.2, 0.25) is 0 Å². The molecule has 8 heteroatoms. The molecular weight excluding hydrogens is 342 g/mol. The molecule has 0 saturated heterocycles. The van der Waals surface area contributed by atoms with Gasteiger partial charge in [0.1, 0.15) is 0 Å². The van der Waals surface area contributed by atoms with Gasteiger partial charge in [-0.05, 0) is 41.8 Å². The lowest BCUT2D eigenvalue weighted by Crippen LogP contribution is -2.21. The fourth-order valence-corrected chi connectivity index (χ4v) is 3.32. The topological polar surface area (TPSA) is 132 Å². The minimum absolute atomic E-state index is 0.0725. The molecule has 25 heavy (non-hydrogen) atoms. The van der Waals surface area contributed by atoms with Crippen LogP contribution in [-0.4, -0.2) is 20.2 Å². The molecule has 2 aromatic carbocycles. The Kier molecular flexibility index (Phi) is 5.13. The number of sulfonamides is 1. The lowest BCUT2D eigenvalue weighted by Gasteiger charge is -2.11. The van der Waals surface area contributed by atoms with Gasteiger partial charge < -0.3 is 11.5 Å². The summed E-state index contributed by atoms with van der Waals surface area (Å²) in [6.07, 6.45) is 0. The number of carbonyl (C=O) groups is 2. The van der Waals surface area contributed by atoms with Gasteiger partial charge in [0.05, 0.1) is 16.0 Å². The predicted octanol–water partition coefficient (Wildman–Crippen LogP) is 1.81. The van der Waals surface area contributed by atoms with E-state index >= 15 is 0 Å². The molecule has 5 N–H and O–H groups in total. The van der Waals surface area contributed by atoms with E-state index in [1.54, 1.807) is 12.1 Å². The van der Waals surface area contributed by atoms with Crippen LogP contribution in [0.4, 0.5) is 5.69 Å². The summed E-state index contributed by atoms with van der Waals surface area (Å²) in [6, 6.07) is 10.3. The summed E-state index contributed by atoms with van der Waals surface area (Å²) in [5.74, 6) is -1.42. The first-order chi connectivity index (χ1) is 11.6. The van der Waals surface area contributed by atoms with Crippen LogP contribution in [0, 0.1) is 0 Å². The maximum atomic E-state index is 12.5. The van der Waals surface area contributed by atoms with Crippen LogP contribution in [0.25, 0.3) is 0 Å². The first-order valence-corrected chi connectivity index (χ1v) is 8.96. The van der Waals surface area contributed by atoms with E-state index in [-0.39, 0.29) is 27.6 Å². The van der Waals surface area contributed by atoms with E-state index in [1.807, 2.05) is 13.8 Å². The molecule has 132 valence electrons. The average molecular weight is 361 g/mol. The number of hydrogen-bond donors (Lipinski definition) is 3. The van der Waals surface area contributed by atoms with Gasteiger partial charge in [-0.2, -0.15) is 0 Å². The van der Waals surface area contributed by atoms with Crippen LogP contribution in [0.15, 0.2) is 47.4 Å². The first kappa shape index (κ1) is 18.5. The van der Waals surface area contributed by atoms with Crippen LogP contribution in [0.1, 0.15) is 46.0 Å². The molecule has 0 radical (unpaired) electrons. The number of carbonyl (C=O) groups excluding carboxylic acids is 2. The maximum absolute atomic E-state index is 12.5. The lowest BCUT2D eigenvalue weighted by atomic mass is 10.0. The van der Waals surface area contributed by atoms with Crippen LogP contribution in [0.5, 0.6) is 0 Å². The van der Waals surface area contributed by atoms with Crippen molar-refractivity contribution in [2.24, 2.45) is 11.5 Å². The molecule has 0 heterocycles. The van der Waals surface area contributed by atoms with Crippen molar-refractivity contribution in [2.45, 2.75) is 24.7 Å². The number of primary amides is 2. The number of benzene rings is 2. The van der Waals surface area contributed by atoms with Crippen LogP contribution in [-0.2, 0) is 10.0 Å². The number of nitrogens with one attached hydrogen (secondary N) is 1. The van der Waals surface area contributed by atoms with E-state index < -0.39 is 21.8 Å². The summed E-state index contributed by atoms with van der Waals surface area (Å²) in [4.78, 5) is 22.8. The molecule has 0 aliphatic heterocycles. The molecule has 2 rings (SSSR count). The maximum Gasteiger partial charge on any atom is 0.261 e. The smallest absolute Gasteiger partial charge is 0.261 e. The van der Waals surface area contributed by atoms with Gasteiger partial charge in [0.25, 0.3) is 10.0 Å². The second-order valence-electron chi connectivity index (χ2n) is 5.82. The Balaban J connectivity index is 2.36. The molecule has 2 amide bonds. The van der Waals surface area contributed by atoms with Gasteiger partial charge in [-0.25, -0.2) is 8.42 Å². The lowest BCUT2D eigenvalue weighted by molar-refractivity contribution is 0.0967. The van der Waals surface area contributed by atoms with Gasteiger partial charge in [0.15, 0.2) is 0 Å². The monoisotopic (exact) mass is 361 g/mol. The Morgan fingerprint density at radius 3 is 1.96 bits per heavy atom. The van der Waals surface area contributed by atoms with Crippen molar-refractivity contribution in [1.29, 1.82) is 0 Å². The number of nitrogens with two attached hydrogens (primary N) is 2. The van der Waals surface area contributed by atoms with Crippen molar-refractivity contribution in [2.75, 3.05) is 4.72 Å². The molecule has 0 unspecified atom stereocenters. The van der Waals surface area contributed by atoms with E-state index in [0.29, 0.717) is 0 Å². The summed E-state index contributed by atoms with van der Waals surface area (Å²) >= 11 is 0. The van der Waals surface area contributed by atoms with Crippen molar-refractivity contribution in [1.82, 2.24) is 0 Å². The highest BCUT2D eigenvalue weighted by molar-refractivity contribution is 7.92. The number of amides is 2. The standard InChI is InChI=1S/C17H19N3O4S/c1-10(2)11-3-6-13(7-4-11)25(23,24)20-12-5-8-14(16(18)21)15(9-12)17(19)22/h3-10,20H,1-2H3,(H2,18,21)(H2,19,22). The van der Waals surface area contributed by atoms with E-state index in [0.717, 1.165) is 5.56 Å². The van der Waals surface area contributed by atoms with Gasteiger partial charge in [-0.15, -0.1) is 0 Å². The zero-order valence-electron chi connectivity index (χ0n) is 13.8. The SMILES string of the molecule is CC(C)c1ccc(S(=O)(=O)Nc2ccc(C(N)=O)c(C(N)=O)c2)cc1. The van der Waals surface area contributed by atoms with Crippen molar-refractivity contribution in [3.8, 4) is 0 Å². The predicted molar refractivity (Wildman–Crippen MR) is 94.8 cm³/mol. The van der Waals surface area contributed by atoms with Gasteiger partial charge in [0.2, 0.25) is 11.8 Å². The highest BCUT2D eigenvalue weighted by atomic mass is 32.2. The Bertz CT molecular complexity index is 919. The summed E-state index contributed by atoms with van der Waals surface area (Å²) in [6.45, 7) is 4.01. The Hall–Kier alpha value is -2.87. The zero-order chi connectivity index (χ0) is 18.8. The summed E-state index contributed by atoms with van der Waals surface area (Å²) in [5.41, 5.74) is 11.3. The minimum atomic E-state index is -3.85. The molecule has 0 saturated carbocycles. The van der Waals surface area contributed by atoms with Crippen LogP contribution < -0.4 is 16.2 Å². The van der Waals surface area contributed by atoms with Gasteiger partial charge in [0, 0.05) is 5.69 Å². The molecule has 2 aromatic rings. The Morgan fingerprint density at radius 1 is 0.920 bits per heavy atom. The van der Waals surface area contributed by atoms with Crippen molar-refractivity contribution in [3.05, 3.63) is 59.2 Å². The summed E-state index contributed by atoms with van der Waals surface area (Å²) < 4.78 is 27.3. The third-order valence-corrected chi connectivity index (χ3v) is 5.06. The minimum Gasteiger partial charge on any atom is -0.366 e. The number of anilines is 1. The van der Waals surface area contributed by atoms with Crippen LogP contribution in [0.3, 0.4) is 0 Å². The number of hydrogen-bond acceptors (Lipinski definition) is 4. The fraction of sp³-hybridized carbons (Fsp3) is 0.176. The van der Waals surface area contributed by atoms with E-state index in [1.165, 1.54) is 30.3 Å². The van der Waals surface area contributed by atoms with Gasteiger partial charge in [-0.3, -0.25) is 14.3 Å². The first-order valence-electron chi connectivity index (χ1n) is 7.48. The Labute approximate surface area is 146 Å². The fourth-order valence-electron chi connectivity index (χ4n) is 2.27. The third kappa shape index (κ3) is 4.16. The molecule has 0 bridgehead atoms. The second-order valence-corrected chi connectivity index (χ2v) is 7.50. The van der Waals surface area contributed by atoms with E-state index in [4.69, 9.17) is 11.5 Å². The molecular formula is C17H19N3O4S. The zero-order valence-corrected chi connectivity index (χ0v) is 14.6. The largest absolute Gasteiger partial charge is 0.366 e. The highest BCUT2D eigenvalue weighted by Gasteiger charge is 2.18. The Morgan fingerprint density at radius 2 is 1.48 bits per heavy atom. The van der Waals surface area contributed by atoms with Crippen molar-refractivity contribution in [3.63, 3.8) is 0 Å². The van der Waals surface area contributed by atoms with Gasteiger partial charge in [-0.1, -0.05) is 26.0 Å². The second kappa shape index (κ2) is 6.94. The van der Waals surface area contributed by atoms with Gasteiger partial charge >= 0.3 is 0 Å². The van der Waals surface area contributed by atoms with E-state index in [2.05, 4.69) is 4.72 Å². The molecule has 0 aliphatic carbocycles. The van der Waals surface area contributed by atoms with E-state index in [9.17, 15) is 18.0 Å². The molecule has 0 spiro atoms. The summed E-state index contributed by atoms with van der Waals surface area (Å²) in [5, 5.41) is 0. The quantitative estimate of drug-likeness (QED) is 0.723. The van der Waals surface area contributed by atoms with Crippen molar-refractivity contribution < 1.29 is 18.0 Å². The van der Waals surface area contributed by atoms with Crippen LogP contribution >= 0.6 is 0 Å². The normalized spacial score (nSPS) is 11.3. The highest BCUT2D eigenvalue weighted by Crippen LogP contribution is 2.21. The van der Waals surface area contributed by atoms with Crippen molar-refractivity contribution >= 4 is 27.5 Å². The average Bonchev–Trinajstić information content (AvgIpc) is 2.54. The molecule has 0 fully saturated rings. The third-order valence-electron chi connectivity index (χ3n) is 3.66. The molecule has 0 aromatic heterocycles. The molecule has 7 nitrogen and oxygen atoms in total.